The summed E-state index contributed by atoms with van der Waals surface area (Å²) in [4.78, 5) is 2.33. The van der Waals surface area contributed by atoms with Crippen molar-refractivity contribution in [1.82, 2.24) is 10.2 Å². The van der Waals surface area contributed by atoms with Crippen LogP contribution in [0.2, 0.25) is 5.02 Å². The van der Waals surface area contributed by atoms with E-state index in [1.54, 1.807) is 0 Å². The Morgan fingerprint density at radius 3 is 2.65 bits per heavy atom. The number of piperazine rings is 1. The highest BCUT2D eigenvalue weighted by Gasteiger charge is 2.29. The van der Waals surface area contributed by atoms with Crippen LogP contribution in [-0.2, 0) is 6.42 Å². The first-order valence-electron chi connectivity index (χ1n) is 6.08. The Morgan fingerprint density at radius 2 is 2.00 bits per heavy atom. The van der Waals surface area contributed by atoms with Gasteiger partial charge in [-0.3, -0.25) is 4.90 Å². The van der Waals surface area contributed by atoms with E-state index in [0.717, 1.165) is 43.2 Å². The van der Waals surface area contributed by atoms with Crippen molar-refractivity contribution in [2.24, 2.45) is 5.73 Å². The van der Waals surface area contributed by atoms with E-state index in [4.69, 9.17) is 17.3 Å². The largest absolute Gasteiger partial charge is 0.314 e. The number of nitrogens with zero attached hydrogens (tertiary/aromatic N) is 1. The quantitative estimate of drug-likeness (QED) is 0.857. The number of rotatable bonds is 3. The Kier molecular flexibility index (Phi) is 4.05. The Bertz CT molecular complexity index is 373. The van der Waals surface area contributed by atoms with Crippen molar-refractivity contribution >= 4 is 11.6 Å². The van der Waals surface area contributed by atoms with Gasteiger partial charge in [-0.05, 0) is 18.6 Å². The molecule has 0 amide bonds. The van der Waals surface area contributed by atoms with Crippen LogP contribution in [0.3, 0.4) is 0 Å². The number of nitrogens with one attached hydrogen (secondary N) is 1. The second kappa shape index (κ2) is 5.36. The third kappa shape index (κ3) is 3.19. The maximum absolute atomic E-state index is 6.43. The standard InChI is InChI=1S/C13H20ClN3/c1-13(15,17-8-6-16-7-9-17)10-11-4-2-3-5-12(11)14/h2-5,16H,6-10,15H2,1H3. The van der Waals surface area contributed by atoms with E-state index in [2.05, 4.69) is 23.2 Å². The summed E-state index contributed by atoms with van der Waals surface area (Å²) in [7, 11) is 0. The van der Waals surface area contributed by atoms with Crippen LogP contribution >= 0.6 is 11.6 Å². The van der Waals surface area contributed by atoms with Gasteiger partial charge in [0.2, 0.25) is 0 Å². The van der Waals surface area contributed by atoms with Crippen molar-refractivity contribution in [3.63, 3.8) is 0 Å². The van der Waals surface area contributed by atoms with E-state index < -0.39 is 0 Å². The molecule has 3 N–H and O–H groups in total. The van der Waals surface area contributed by atoms with Gasteiger partial charge in [0.15, 0.2) is 0 Å². The fraction of sp³-hybridized carbons (Fsp3) is 0.538. The minimum absolute atomic E-state index is 0.326. The molecule has 0 bridgehead atoms. The average molecular weight is 254 g/mol. The van der Waals surface area contributed by atoms with Gasteiger partial charge in [0, 0.05) is 37.6 Å². The van der Waals surface area contributed by atoms with Gasteiger partial charge in [-0.15, -0.1) is 0 Å². The van der Waals surface area contributed by atoms with Gasteiger partial charge in [-0.25, -0.2) is 0 Å². The summed E-state index contributed by atoms with van der Waals surface area (Å²) in [5, 5.41) is 4.14. The summed E-state index contributed by atoms with van der Waals surface area (Å²) in [5.41, 5.74) is 7.23. The summed E-state index contributed by atoms with van der Waals surface area (Å²) < 4.78 is 0. The van der Waals surface area contributed by atoms with Gasteiger partial charge in [0.25, 0.3) is 0 Å². The normalized spacial score (nSPS) is 21.1. The molecule has 1 heterocycles. The van der Waals surface area contributed by atoms with Crippen molar-refractivity contribution < 1.29 is 0 Å². The molecule has 94 valence electrons. The molecular formula is C13H20ClN3. The van der Waals surface area contributed by atoms with Crippen LogP contribution in [0, 0.1) is 0 Å². The van der Waals surface area contributed by atoms with Crippen LogP contribution in [0.15, 0.2) is 24.3 Å². The SMILES string of the molecule is CC(N)(Cc1ccccc1Cl)N1CCNCC1. The van der Waals surface area contributed by atoms with Crippen molar-refractivity contribution in [1.29, 1.82) is 0 Å². The molecule has 1 fully saturated rings. The average Bonchev–Trinajstić information content (AvgIpc) is 2.33. The van der Waals surface area contributed by atoms with Crippen LogP contribution in [0.4, 0.5) is 0 Å². The zero-order valence-corrected chi connectivity index (χ0v) is 11.0. The minimum Gasteiger partial charge on any atom is -0.314 e. The Balaban J connectivity index is 2.08. The van der Waals surface area contributed by atoms with Crippen LogP contribution in [0.5, 0.6) is 0 Å². The Morgan fingerprint density at radius 1 is 1.35 bits per heavy atom. The first-order valence-corrected chi connectivity index (χ1v) is 6.45. The van der Waals surface area contributed by atoms with Gasteiger partial charge in [-0.1, -0.05) is 29.8 Å². The first kappa shape index (κ1) is 12.8. The molecule has 1 unspecified atom stereocenters. The number of nitrogens with two attached hydrogens (primary N) is 1. The topological polar surface area (TPSA) is 41.3 Å². The van der Waals surface area contributed by atoms with Gasteiger partial charge in [0.1, 0.15) is 0 Å². The maximum Gasteiger partial charge on any atom is 0.0700 e. The maximum atomic E-state index is 6.43. The molecule has 2 rings (SSSR count). The molecule has 1 atom stereocenters. The molecule has 0 aromatic heterocycles. The summed E-state index contributed by atoms with van der Waals surface area (Å²) >= 11 is 6.18. The summed E-state index contributed by atoms with van der Waals surface area (Å²) in [6.45, 7) is 6.10. The lowest BCUT2D eigenvalue weighted by atomic mass is 9.99. The molecule has 1 saturated heterocycles. The second-order valence-corrected chi connectivity index (χ2v) is 5.27. The van der Waals surface area contributed by atoms with Crippen LogP contribution < -0.4 is 11.1 Å². The van der Waals surface area contributed by atoms with E-state index in [1.165, 1.54) is 0 Å². The van der Waals surface area contributed by atoms with Crippen molar-refractivity contribution in [3.8, 4) is 0 Å². The molecule has 1 aromatic carbocycles. The molecule has 17 heavy (non-hydrogen) atoms. The predicted molar refractivity (Wildman–Crippen MR) is 72.2 cm³/mol. The van der Waals surface area contributed by atoms with Gasteiger partial charge >= 0.3 is 0 Å². The van der Waals surface area contributed by atoms with Crippen LogP contribution in [0.1, 0.15) is 12.5 Å². The zero-order chi connectivity index (χ0) is 12.3. The predicted octanol–water partition coefficient (Wildman–Crippen LogP) is 1.46. The highest BCUT2D eigenvalue weighted by atomic mass is 35.5. The molecule has 1 aromatic rings. The second-order valence-electron chi connectivity index (χ2n) is 4.86. The summed E-state index contributed by atoms with van der Waals surface area (Å²) in [6.07, 6.45) is 0.784. The number of halogens is 1. The third-order valence-corrected chi connectivity index (χ3v) is 3.71. The van der Waals surface area contributed by atoms with Gasteiger partial charge in [0.05, 0.1) is 5.66 Å². The van der Waals surface area contributed by atoms with Crippen LogP contribution in [-0.4, -0.2) is 36.7 Å². The van der Waals surface area contributed by atoms with E-state index in [9.17, 15) is 0 Å². The third-order valence-electron chi connectivity index (χ3n) is 3.35. The fourth-order valence-electron chi connectivity index (χ4n) is 2.31. The molecule has 0 aliphatic carbocycles. The Hall–Kier alpha value is -0.610. The lowest BCUT2D eigenvalue weighted by Gasteiger charge is -2.41. The van der Waals surface area contributed by atoms with Crippen molar-refractivity contribution in [2.75, 3.05) is 26.2 Å². The fourth-order valence-corrected chi connectivity index (χ4v) is 2.52. The molecule has 1 aliphatic rings. The van der Waals surface area contributed by atoms with Crippen LogP contribution in [0.25, 0.3) is 0 Å². The molecule has 0 radical (unpaired) electrons. The highest BCUT2D eigenvalue weighted by Crippen LogP contribution is 2.22. The van der Waals surface area contributed by atoms with E-state index in [-0.39, 0.29) is 5.66 Å². The monoisotopic (exact) mass is 253 g/mol. The molecule has 1 aliphatic heterocycles. The minimum atomic E-state index is -0.326. The zero-order valence-electron chi connectivity index (χ0n) is 10.2. The van der Waals surface area contributed by atoms with E-state index in [0.29, 0.717) is 0 Å². The first-order chi connectivity index (χ1) is 8.09. The van der Waals surface area contributed by atoms with Gasteiger partial charge < -0.3 is 11.1 Å². The smallest absolute Gasteiger partial charge is 0.0700 e. The Labute approximate surface area is 108 Å². The molecule has 3 nitrogen and oxygen atoms in total. The van der Waals surface area contributed by atoms with E-state index >= 15 is 0 Å². The van der Waals surface area contributed by atoms with Crippen molar-refractivity contribution in [2.45, 2.75) is 19.0 Å². The molecule has 0 spiro atoms. The molecular weight excluding hydrogens is 234 g/mol. The molecule has 0 saturated carbocycles. The van der Waals surface area contributed by atoms with Gasteiger partial charge in [-0.2, -0.15) is 0 Å². The number of hydrogen-bond acceptors (Lipinski definition) is 3. The number of hydrogen-bond donors (Lipinski definition) is 2. The summed E-state index contributed by atoms with van der Waals surface area (Å²) in [6, 6.07) is 7.93. The summed E-state index contributed by atoms with van der Waals surface area (Å²) in [5.74, 6) is 0. The van der Waals surface area contributed by atoms with E-state index in [1.807, 2.05) is 18.2 Å². The number of benzene rings is 1. The molecule has 4 heteroatoms. The highest BCUT2D eigenvalue weighted by molar-refractivity contribution is 6.31. The lowest BCUT2D eigenvalue weighted by molar-refractivity contribution is 0.0932. The lowest BCUT2D eigenvalue weighted by Crippen LogP contribution is -2.60. The van der Waals surface area contributed by atoms with Crippen molar-refractivity contribution in [3.05, 3.63) is 34.9 Å².